The number of rotatable bonds is 4. The lowest BCUT2D eigenvalue weighted by Crippen LogP contribution is -2.16. The second kappa shape index (κ2) is 6.69. The van der Waals surface area contributed by atoms with Crippen molar-refractivity contribution >= 4 is 34.3 Å². The Morgan fingerprint density at radius 1 is 0.500 bits per heavy atom. The third-order valence-electron chi connectivity index (χ3n) is 4.19. The van der Waals surface area contributed by atoms with Crippen LogP contribution in [0, 0.1) is 0 Å². The molecule has 0 bridgehead atoms. The average molecular weight is 340 g/mol. The zero-order valence-corrected chi connectivity index (χ0v) is 13.9. The first-order valence-corrected chi connectivity index (χ1v) is 8.30. The Hall–Kier alpha value is -3.66. The summed E-state index contributed by atoms with van der Waals surface area (Å²) in [6.45, 7) is 0. The molecule has 4 heteroatoms. The number of fused-ring (bicyclic) bond motifs is 1. The highest BCUT2D eigenvalue weighted by Crippen LogP contribution is 2.34. The first-order valence-electron chi connectivity index (χ1n) is 8.30. The van der Waals surface area contributed by atoms with Gasteiger partial charge in [0, 0.05) is 11.4 Å². The number of anilines is 4. The number of para-hydroxylation sites is 2. The maximum atomic E-state index is 12.5. The minimum absolute atomic E-state index is 0.185. The van der Waals surface area contributed by atoms with E-state index in [2.05, 4.69) is 10.6 Å². The van der Waals surface area contributed by atoms with Gasteiger partial charge in [-0.15, -0.1) is 0 Å². The van der Waals surface area contributed by atoms with Gasteiger partial charge in [-0.1, -0.05) is 36.4 Å². The van der Waals surface area contributed by atoms with Crippen molar-refractivity contribution in [3.05, 3.63) is 96.1 Å². The molecule has 0 radical (unpaired) electrons. The molecule has 4 rings (SSSR count). The van der Waals surface area contributed by atoms with E-state index in [-0.39, 0.29) is 11.6 Å². The van der Waals surface area contributed by atoms with E-state index in [9.17, 15) is 9.59 Å². The zero-order chi connectivity index (χ0) is 17.9. The maximum absolute atomic E-state index is 12.5. The molecule has 0 atom stereocenters. The lowest BCUT2D eigenvalue weighted by atomic mass is 9.91. The van der Waals surface area contributed by atoms with Crippen molar-refractivity contribution in [2.75, 3.05) is 10.6 Å². The van der Waals surface area contributed by atoms with Crippen LogP contribution in [0.4, 0.5) is 22.7 Å². The van der Waals surface area contributed by atoms with E-state index in [4.69, 9.17) is 0 Å². The molecule has 0 aliphatic heterocycles. The molecular formula is C22H16N2O2. The molecule has 0 fully saturated rings. The van der Waals surface area contributed by atoms with Crippen LogP contribution in [0.2, 0.25) is 0 Å². The smallest absolute Gasteiger partial charge is 0.188 e. The molecule has 0 saturated carbocycles. The minimum Gasteiger partial charge on any atom is -0.355 e. The molecule has 0 unspecified atom stereocenters. The van der Waals surface area contributed by atoms with Gasteiger partial charge in [-0.3, -0.25) is 9.59 Å². The Kier molecular flexibility index (Phi) is 4.07. The van der Waals surface area contributed by atoms with Gasteiger partial charge in [0.05, 0.1) is 22.5 Å². The van der Waals surface area contributed by atoms with Gasteiger partial charge in [0.25, 0.3) is 0 Å². The van der Waals surface area contributed by atoms with Gasteiger partial charge in [0.15, 0.2) is 11.6 Å². The quantitative estimate of drug-likeness (QED) is 0.693. The van der Waals surface area contributed by atoms with Crippen LogP contribution in [0.1, 0.15) is 20.7 Å². The number of hydrogen-bond acceptors (Lipinski definition) is 4. The number of nitrogens with one attached hydrogen (secondary N) is 2. The van der Waals surface area contributed by atoms with E-state index in [1.54, 1.807) is 0 Å². The lowest BCUT2D eigenvalue weighted by Gasteiger charge is -2.20. The molecule has 0 heterocycles. The van der Waals surface area contributed by atoms with Crippen molar-refractivity contribution in [3.63, 3.8) is 0 Å². The Morgan fingerprint density at radius 3 is 1.27 bits per heavy atom. The molecule has 4 nitrogen and oxygen atoms in total. The summed E-state index contributed by atoms with van der Waals surface area (Å²) in [5.41, 5.74) is 3.73. The first kappa shape index (κ1) is 15.8. The summed E-state index contributed by atoms with van der Waals surface area (Å²) >= 11 is 0. The fourth-order valence-electron chi connectivity index (χ4n) is 2.99. The third kappa shape index (κ3) is 3.00. The number of ketones is 2. The van der Waals surface area contributed by atoms with Crippen molar-refractivity contribution < 1.29 is 9.59 Å². The van der Waals surface area contributed by atoms with Crippen molar-refractivity contribution in [1.82, 2.24) is 0 Å². The van der Waals surface area contributed by atoms with Crippen molar-refractivity contribution in [1.29, 1.82) is 0 Å². The highest BCUT2D eigenvalue weighted by molar-refractivity contribution is 6.26. The number of hydrogen-bond donors (Lipinski definition) is 2. The standard InChI is InChI=1S/C22H16N2O2/c25-19-13-14-20(26)22-18(24-16-9-5-2-6-10-16)12-11-17(21(19)22)23-15-7-3-1-4-8-15/h1-14,23-24H. The summed E-state index contributed by atoms with van der Waals surface area (Å²) in [5.74, 6) is -0.371. The van der Waals surface area contributed by atoms with Crippen LogP contribution in [0.5, 0.6) is 0 Å². The monoisotopic (exact) mass is 340 g/mol. The molecule has 0 amide bonds. The summed E-state index contributed by atoms with van der Waals surface area (Å²) in [5, 5.41) is 6.48. The molecule has 3 aromatic carbocycles. The molecule has 0 aromatic heterocycles. The summed E-state index contributed by atoms with van der Waals surface area (Å²) in [6, 6.07) is 22.8. The first-order chi connectivity index (χ1) is 12.7. The number of carbonyl (C=O) groups is 2. The average Bonchev–Trinajstić information content (AvgIpc) is 2.67. The molecule has 126 valence electrons. The fourth-order valence-corrected chi connectivity index (χ4v) is 2.99. The van der Waals surface area contributed by atoms with Gasteiger partial charge in [0.1, 0.15) is 0 Å². The predicted octanol–water partition coefficient (Wildman–Crippen LogP) is 5.11. The van der Waals surface area contributed by atoms with Crippen LogP contribution in [0.25, 0.3) is 0 Å². The van der Waals surface area contributed by atoms with Crippen molar-refractivity contribution in [3.8, 4) is 0 Å². The predicted molar refractivity (Wildman–Crippen MR) is 104 cm³/mol. The van der Waals surface area contributed by atoms with Crippen LogP contribution in [0.15, 0.2) is 84.9 Å². The Labute approximate surface area is 151 Å². The van der Waals surface area contributed by atoms with Gasteiger partial charge in [-0.25, -0.2) is 0 Å². The van der Waals surface area contributed by atoms with Crippen LogP contribution in [0.3, 0.4) is 0 Å². The summed E-state index contributed by atoms with van der Waals surface area (Å²) in [7, 11) is 0. The molecule has 2 N–H and O–H groups in total. The number of benzene rings is 3. The summed E-state index contributed by atoms with van der Waals surface area (Å²) < 4.78 is 0. The minimum atomic E-state index is -0.185. The molecule has 1 aliphatic rings. The normalized spacial score (nSPS) is 12.6. The number of allylic oxidation sites excluding steroid dienone is 2. The summed E-state index contributed by atoms with van der Waals surface area (Å²) in [4.78, 5) is 25.1. The topological polar surface area (TPSA) is 58.2 Å². The van der Waals surface area contributed by atoms with E-state index < -0.39 is 0 Å². The molecule has 0 spiro atoms. The maximum Gasteiger partial charge on any atom is 0.188 e. The SMILES string of the molecule is O=C1C=CC(=O)c2c(Nc3ccccc3)ccc(Nc3ccccc3)c21. The van der Waals surface area contributed by atoms with Crippen LogP contribution < -0.4 is 10.6 Å². The third-order valence-corrected chi connectivity index (χ3v) is 4.19. The highest BCUT2D eigenvalue weighted by Gasteiger charge is 2.26. The zero-order valence-electron chi connectivity index (χ0n) is 13.9. The Balaban J connectivity index is 1.80. The summed E-state index contributed by atoms with van der Waals surface area (Å²) in [6.07, 6.45) is 2.65. The van der Waals surface area contributed by atoms with Crippen LogP contribution in [-0.4, -0.2) is 11.6 Å². The van der Waals surface area contributed by atoms with Gasteiger partial charge in [-0.05, 0) is 48.6 Å². The van der Waals surface area contributed by atoms with Crippen LogP contribution >= 0.6 is 0 Å². The Morgan fingerprint density at radius 2 is 0.885 bits per heavy atom. The van der Waals surface area contributed by atoms with Crippen LogP contribution in [-0.2, 0) is 0 Å². The van der Waals surface area contributed by atoms with E-state index in [1.807, 2.05) is 72.8 Å². The second-order valence-electron chi connectivity index (χ2n) is 5.95. The Bertz CT molecular complexity index is 927. The molecule has 1 aliphatic carbocycles. The van der Waals surface area contributed by atoms with Gasteiger partial charge >= 0.3 is 0 Å². The van der Waals surface area contributed by atoms with Gasteiger partial charge < -0.3 is 10.6 Å². The van der Waals surface area contributed by atoms with Crippen molar-refractivity contribution in [2.45, 2.75) is 0 Å². The molecule has 0 saturated heterocycles. The van der Waals surface area contributed by atoms with E-state index in [0.29, 0.717) is 22.5 Å². The highest BCUT2D eigenvalue weighted by atomic mass is 16.1. The fraction of sp³-hybridized carbons (Fsp3) is 0. The molecular weight excluding hydrogens is 324 g/mol. The van der Waals surface area contributed by atoms with E-state index >= 15 is 0 Å². The van der Waals surface area contributed by atoms with E-state index in [1.165, 1.54) is 12.2 Å². The number of carbonyl (C=O) groups excluding carboxylic acids is 2. The molecule has 3 aromatic rings. The molecule has 26 heavy (non-hydrogen) atoms. The van der Waals surface area contributed by atoms with E-state index in [0.717, 1.165) is 11.4 Å². The largest absolute Gasteiger partial charge is 0.355 e. The van der Waals surface area contributed by atoms with Gasteiger partial charge in [0.2, 0.25) is 0 Å². The second-order valence-corrected chi connectivity index (χ2v) is 5.95. The lowest BCUT2D eigenvalue weighted by molar-refractivity contribution is 0.0995. The van der Waals surface area contributed by atoms with Gasteiger partial charge in [-0.2, -0.15) is 0 Å². The van der Waals surface area contributed by atoms with Crippen molar-refractivity contribution in [2.24, 2.45) is 0 Å².